The van der Waals surface area contributed by atoms with Crippen molar-refractivity contribution in [2.24, 2.45) is 0 Å². The molecule has 0 bridgehead atoms. The Morgan fingerprint density at radius 2 is 1.65 bits per heavy atom. The van der Waals surface area contributed by atoms with Crippen molar-refractivity contribution in [3.8, 4) is 5.75 Å². The third-order valence-corrected chi connectivity index (χ3v) is 3.27. The van der Waals surface area contributed by atoms with E-state index in [1.165, 1.54) is 11.1 Å². The molecule has 20 heavy (non-hydrogen) atoms. The van der Waals surface area contributed by atoms with Crippen molar-refractivity contribution in [2.45, 2.75) is 32.9 Å². The summed E-state index contributed by atoms with van der Waals surface area (Å²) in [5.74, 6) is 0.939. The molecule has 2 aromatic rings. The zero-order valence-electron chi connectivity index (χ0n) is 12.3. The van der Waals surface area contributed by atoms with Crippen molar-refractivity contribution >= 4 is 0 Å². The van der Waals surface area contributed by atoms with Gasteiger partial charge in [0.2, 0.25) is 0 Å². The van der Waals surface area contributed by atoms with Crippen LogP contribution in [0.3, 0.4) is 0 Å². The van der Waals surface area contributed by atoms with E-state index in [1.54, 1.807) is 0 Å². The number of rotatable bonds is 7. The average Bonchev–Trinajstić information content (AvgIpc) is 2.48. The Balaban J connectivity index is 1.79. The van der Waals surface area contributed by atoms with Gasteiger partial charge in [-0.3, -0.25) is 0 Å². The molecule has 0 heterocycles. The third kappa shape index (κ3) is 4.71. The maximum absolute atomic E-state index is 5.45. The maximum Gasteiger partial charge on any atom is 0.119 e. The van der Waals surface area contributed by atoms with Crippen LogP contribution in [0.2, 0.25) is 0 Å². The zero-order chi connectivity index (χ0) is 14.2. The second kappa shape index (κ2) is 7.71. The van der Waals surface area contributed by atoms with E-state index in [4.69, 9.17) is 4.74 Å². The van der Waals surface area contributed by atoms with Crippen LogP contribution in [0, 0.1) is 0 Å². The lowest BCUT2D eigenvalue weighted by Crippen LogP contribution is -2.27. The van der Waals surface area contributed by atoms with Crippen LogP contribution in [0.4, 0.5) is 0 Å². The van der Waals surface area contributed by atoms with Crippen molar-refractivity contribution in [3.05, 3.63) is 65.7 Å². The molecule has 0 aromatic heterocycles. The lowest BCUT2D eigenvalue weighted by Gasteiger charge is -2.14. The first-order chi connectivity index (χ1) is 9.78. The van der Waals surface area contributed by atoms with Gasteiger partial charge in [-0.05, 0) is 43.5 Å². The van der Waals surface area contributed by atoms with E-state index in [1.807, 2.05) is 19.1 Å². The minimum Gasteiger partial charge on any atom is -0.494 e. The van der Waals surface area contributed by atoms with Crippen LogP contribution in [0.1, 0.15) is 25.0 Å². The van der Waals surface area contributed by atoms with Gasteiger partial charge >= 0.3 is 0 Å². The summed E-state index contributed by atoms with van der Waals surface area (Å²) in [6.45, 7) is 5.83. The number of nitrogens with one attached hydrogen (secondary N) is 1. The van der Waals surface area contributed by atoms with Gasteiger partial charge in [-0.1, -0.05) is 42.5 Å². The van der Waals surface area contributed by atoms with Gasteiger partial charge in [0.15, 0.2) is 0 Å². The molecule has 0 saturated heterocycles. The summed E-state index contributed by atoms with van der Waals surface area (Å²) < 4.78 is 5.45. The van der Waals surface area contributed by atoms with Gasteiger partial charge in [0.05, 0.1) is 6.61 Å². The quantitative estimate of drug-likeness (QED) is 0.825. The zero-order valence-corrected chi connectivity index (χ0v) is 12.3. The molecule has 0 radical (unpaired) electrons. The molecular formula is C18H23NO. The van der Waals surface area contributed by atoms with Crippen LogP contribution < -0.4 is 10.1 Å². The molecule has 1 unspecified atom stereocenters. The van der Waals surface area contributed by atoms with Gasteiger partial charge in [-0.2, -0.15) is 0 Å². The highest BCUT2D eigenvalue weighted by Gasteiger charge is 2.03. The molecule has 0 aliphatic rings. The monoisotopic (exact) mass is 269 g/mol. The molecule has 0 spiro atoms. The molecule has 2 rings (SSSR count). The van der Waals surface area contributed by atoms with Gasteiger partial charge in [-0.15, -0.1) is 0 Å². The molecule has 0 fully saturated rings. The highest BCUT2D eigenvalue weighted by molar-refractivity contribution is 5.27. The third-order valence-electron chi connectivity index (χ3n) is 3.27. The van der Waals surface area contributed by atoms with Crippen molar-refractivity contribution in [2.75, 3.05) is 6.61 Å². The minimum atomic E-state index is 0.462. The van der Waals surface area contributed by atoms with Gasteiger partial charge in [0, 0.05) is 12.6 Å². The fourth-order valence-corrected chi connectivity index (χ4v) is 2.20. The summed E-state index contributed by atoms with van der Waals surface area (Å²) in [5, 5.41) is 3.56. The van der Waals surface area contributed by atoms with Crippen LogP contribution >= 0.6 is 0 Å². The Labute approximate surface area is 121 Å². The molecular weight excluding hydrogens is 246 g/mol. The lowest BCUT2D eigenvalue weighted by atomic mass is 10.1. The molecule has 2 heteroatoms. The number of ether oxygens (including phenoxy) is 1. The highest BCUT2D eigenvalue weighted by Crippen LogP contribution is 2.12. The highest BCUT2D eigenvalue weighted by atomic mass is 16.5. The fraction of sp³-hybridized carbons (Fsp3) is 0.333. The Morgan fingerprint density at radius 1 is 0.950 bits per heavy atom. The van der Waals surface area contributed by atoms with E-state index >= 15 is 0 Å². The molecule has 106 valence electrons. The van der Waals surface area contributed by atoms with Crippen molar-refractivity contribution in [3.63, 3.8) is 0 Å². The first-order valence-corrected chi connectivity index (χ1v) is 7.27. The summed E-state index contributed by atoms with van der Waals surface area (Å²) in [7, 11) is 0. The number of benzene rings is 2. The van der Waals surface area contributed by atoms with Gasteiger partial charge in [0.1, 0.15) is 5.75 Å². The smallest absolute Gasteiger partial charge is 0.119 e. The SMILES string of the molecule is CCOc1ccc(CNC(C)Cc2ccccc2)cc1. The second-order valence-corrected chi connectivity index (χ2v) is 5.05. The van der Waals surface area contributed by atoms with Crippen LogP contribution in [0.5, 0.6) is 5.75 Å². The van der Waals surface area contributed by atoms with Gasteiger partial charge < -0.3 is 10.1 Å². The molecule has 0 saturated carbocycles. The standard InChI is InChI=1S/C18H23NO/c1-3-20-18-11-9-17(10-12-18)14-19-15(2)13-16-7-5-4-6-8-16/h4-12,15,19H,3,13-14H2,1-2H3. The van der Waals surface area contributed by atoms with E-state index in [-0.39, 0.29) is 0 Å². The minimum absolute atomic E-state index is 0.462. The first-order valence-electron chi connectivity index (χ1n) is 7.27. The van der Waals surface area contributed by atoms with E-state index in [0.717, 1.165) is 18.7 Å². The van der Waals surface area contributed by atoms with E-state index < -0.39 is 0 Å². The van der Waals surface area contributed by atoms with E-state index in [2.05, 4.69) is 54.7 Å². The Bertz CT molecular complexity index is 493. The predicted octanol–water partition coefficient (Wildman–Crippen LogP) is 3.81. The summed E-state index contributed by atoms with van der Waals surface area (Å²) in [6, 6.07) is 19.4. The Kier molecular flexibility index (Phi) is 5.63. The second-order valence-electron chi connectivity index (χ2n) is 5.05. The van der Waals surface area contributed by atoms with E-state index in [0.29, 0.717) is 12.6 Å². The molecule has 2 aromatic carbocycles. The maximum atomic E-state index is 5.45. The molecule has 1 N–H and O–H groups in total. The molecule has 1 atom stereocenters. The van der Waals surface area contributed by atoms with E-state index in [9.17, 15) is 0 Å². The first kappa shape index (κ1) is 14.6. The van der Waals surface area contributed by atoms with Gasteiger partial charge in [0.25, 0.3) is 0 Å². The lowest BCUT2D eigenvalue weighted by molar-refractivity contribution is 0.340. The van der Waals surface area contributed by atoms with Crippen LogP contribution in [-0.4, -0.2) is 12.6 Å². The van der Waals surface area contributed by atoms with Crippen molar-refractivity contribution < 1.29 is 4.74 Å². The van der Waals surface area contributed by atoms with Crippen LogP contribution in [-0.2, 0) is 13.0 Å². The average molecular weight is 269 g/mol. The predicted molar refractivity (Wildman–Crippen MR) is 84.1 cm³/mol. The van der Waals surface area contributed by atoms with Crippen molar-refractivity contribution in [1.29, 1.82) is 0 Å². The molecule has 0 aliphatic carbocycles. The molecule has 0 aliphatic heterocycles. The van der Waals surface area contributed by atoms with Gasteiger partial charge in [-0.25, -0.2) is 0 Å². The largest absolute Gasteiger partial charge is 0.494 e. The molecule has 0 amide bonds. The fourth-order valence-electron chi connectivity index (χ4n) is 2.20. The summed E-state index contributed by atoms with van der Waals surface area (Å²) in [5.41, 5.74) is 2.66. The topological polar surface area (TPSA) is 21.3 Å². The summed E-state index contributed by atoms with van der Waals surface area (Å²) in [4.78, 5) is 0. The normalized spacial score (nSPS) is 12.1. The number of hydrogen-bond acceptors (Lipinski definition) is 2. The Hall–Kier alpha value is -1.80. The Morgan fingerprint density at radius 3 is 2.30 bits per heavy atom. The van der Waals surface area contributed by atoms with Crippen LogP contribution in [0.15, 0.2) is 54.6 Å². The summed E-state index contributed by atoms with van der Waals surface area (Å²) >= 11 is 0. The van der Waals surface area contributed by atoms with Crippen molar-refractivity contribution in [1.82, 2.24) is 5.32 Å². The summed E-state index contributed by atoms with van der Waals surface area (Å²) in [6.07, 6.45) is 1.05. The molecule has 2 nitrogen and oxygen atoms in total. The number of hydrogen-bond donors (Lipinski definition) is 1. The van der Waals surface area contributed by atoms with Crippen LogP contribution in [0.25, 0.3) is 0 Å².